The van der Waals surface area contributed by atoms with Gasteiger partial charge in [0.15, 0.2) is 12.2 Å². The molecule has 1 aromatic rings. The molecular formula is C20H25NO8S. The van der Waals surface area contributed by atoms with Gasteiger partial charge in [0.25, 0.3) is 0 Å². The smallest absolute Gasteiger partial charge is 0.303 e. The van der Waals surface area contributed by atoms with E-state index < -0.39 is 47.7 Å². The van der Waals surface area contributed by atoms with Crippen LogP contribution in [0.2, 0.25) is 0 Å². The van der Waals surface area contributed by atoms with Crippen LogP contribution in [-0.4, -0.2) is 60.2 Å². The van der Waals surface area contributed by atoms with Gasteiger partial charge >= 0.3 is 17.9 Å². The summed E-state index contributed by atoms with van der Waals surface area (Å²) >= 11 is 1.30. The maximum absolute atomic E-state index is 11.9. The Morgan fingerprint density at radius 3 is 2.07 bits per heavy atom. The maximum Gasteiger partial charge on any atom is 0.303 e. The average Bonchev–Trinajstić information content (AvgIpc) is 2.64. The summed E-state index contributed by atoms with van der Waals surface area (Å²) in [6.07, 6.45) is -3.05. The molecule has 1 N–H and O–H groups in total. The third-order valence-corrected chi connectivity index (χ3v) is 5.25. The Bertz CT molecular complexity index is 771. The Balaban J connectivity index is 2.42. The molecule has 0 aliphatic carbocycles. The van der Waals surface area contributed by atoms with Crippen LogP contribution in [0, 0.1) is 0 Å². The first-order valence-electron chi connectivity index (χ1n) is 9.29. The Morgan fingerprint density at radius 2 is 1.53 bits per heavy atom. The molecule has 5 atom stereocenters. The minimum atomic E-state index is -1.09. The van der Waals surface area contributed by atoms with Gasteiger partial charge in [-0.25, -0.2) is 0 Å². The molecule has 30 heavy (non-hydrogen) atoms. The average molecular weight is 439 g/mol. The van der Waals surface area contributed by atoms with Gasteiger partial charge in [-0.15, -0.1) is 0 Å². The molecule has 9 nitrogen and oxygen atoms in total. The molecular weight excluding hydrogens is 414 g/mol. The number of esters is 3. The number of carbonyl (C=O) groups is 4. The number of carbonyl (C=O) groups excluding carboxylic acids is 4. The van der Waals surface area contributed by atoms with Crippen molar-refractivity contribution in [2.24, 2.45) is 0 Å². The predicted octanol–water partition coefficient (Wildman–Crippen LogP) is 1.43. The lowest BCUT2D eigenvalue weighted by Gasteiger charge is -2.45. The zero-order chi connectivity index (χ0) is 22.3. The first-order chi connectivity index (χ1) is 14.2. The van der Waals surface area contributed by atoms with Crippen LogP contribution >= 0.6 is 11.8 Å². The predicted molar refractivity (Wildman–Crippen MR) is 106 cm³/mol. The van der Waals surface area contributed by atoms with Gasteiger partial charge in [-0.2, -0.15) is 0 Å². The lowest BCUT2D eigenvalue weighted by Crippen LogP contribution is -2.65. The van der Waals surface area contributed by atoms with Crippen molar-refractivity contribution >= 4 is 35.6 Å². The molecule has 164 valence electrons. The molecule has 0 aromatic heterocycles. The van der Waals surface area contributed by atoms with Crippen LogP contribution in [0.15, 0.2) is 35.2 Å². The summed E-state index contributed by atoms with van der Waals surface area (Å²) in [5, 5.41) is 2.74. The Morgan fingerprint density at radius 1 is 0.933 bits per heavy atom. The van der Waals surface area contributed by atoms with Gasteiger partial charge in [-0.1, -0.05) is 30.0 Å². The number of thioether (sulfide) groups is 1. The van der Waals surface area contributed by atoms with E-state index >= 15 is 0 Å². The van der Waals surface area contributed by atoms with Crippen LogP contribution in [0.25, 0.3) is 0 Å². The topological polar surface area (TPSA) is 117 Å². The molecule has 2 rings (SSSR count). The van der Waals surface area contributed by atoms with Gasteiger partial charge in [0, 0.05) is 32.6 Å². The second-order valence-electron chi connectivity index (χ2n) is 6.65. The largest absolute Gasteiger partial charge is 0.463 e. The summed E-state index contributed by atoms with van der Waals surface area (Å²) < 4.78 is 22.0. The number of rotatable bonds is 7. The van der Waals surface area contributed by atoms with Gasteiger partial charge in [-0.3, -0.25) is 19.2 Å². The molecule has 1 aliphatic heterocycles. The van der Waals surface area contributed by atoms with Crippen LogP contribution in [0.5, 0.6) is 0 Å². The number of benzene rings is 1. The molecule has 1 aliphatic rings. The third-order valence-electron chi connectivity index (χ3n) is 4.07. The fourth-order valence-corrected chi connectivity index (χ4v) is 4.17. The van der Waals surface area contributed by atoms with Crippen LogP contribution in [0.3, 0.4) is 0 Å². The number of nitrogens with one attached hydrogen (secondary N) is 1. The molecule has 1 aromatic carbocycles. The lowest BCUT2D eigenvalue weighted by atomic mass is 9.97. The highest BCUT2D eigenvalue weighted by Gasteiger charge is 2.51. The van der Waals surface area contributed by atoms with Crippen molar-refractivity contribution < 1.29 is 38.1 Å². The van der Waals surface area contributed by atoms with E-state index in [9.17, 15) is 19.2 Å². The molecule has 0 bridgehead atoms. The van der Waals surface area contributed by atoms with Crippen molar-refractivity contribution in [1.29, 1.82) is 0 Å². The number of amides is 1. The zero-order valence-corrected chi connectivity index (χ0v) is 18.0. The van der Waals surface area contributed by atoms with Crippen LogP contribution < -0.4 is 5.32 Å². The van der Waals surface area contributed by atoms with Gasteiger partial charge in [0.05, 0.1) is 0 Å². The quantitative estimate of drug-likeness (QED) is 0.497. The van der Waals surface area contributed by atoms with Gasteiger partial charge < -0.3 is 24.3 Å². The minimum Gasteiger partial charge on any atom is -0.463 e. The van der Waals surface area contributed by atoms with Crippen molar-refractivity contribution in [3.05, 3.63) is 30.3 Å². The van der Waals surface area contributed by atoms with E-state index in [-0.39, 0.29) is 12.5 Å². The van der Waals surface area contributed by atoms with E-state index in [4.69, 9.17) is 18.9 Å². The molecule has 0 spiro atoms. The van der Waals surface area contributed by atoms with Gasteiger partial charge in [0.1, 0.15) is 24.2 Å². The standard InChI is InChI=1S/C20H25NO8S/c1-11(22)21-17-19(28-14(4)25)18(27-13(3)24)16(10-26-12(2)23)29-20(17)30-15-8-6-5-7-9-15/h5-9,16-20H,10H2,1-4H3,(H,21,22). The molecule has 10 heteroatoms. The second kappa shape index (κ2) is 11.0. The summed E-state index contributed by atoms with van der Waals surface area (Å²) in [4.78, 5) is 47.6. The first kappa shape index (κ1) is 23.7. The SMILES string of the molecule is CC(=O)NC1C(Sc2ccccc2)OC(COC(C)=O)C(OC(C)=O)C1OC(C)=O. The Labute approximate surface area is 178 Å². The highest BCUT2D eigenvalue weighted by Crippen LogP contribution is 2.36. The molecule has 5 unspecified atom stereocenters. The summed E-state index contributed by atoms with van der Waals surface area (Å²) in [7, 11) is 0. The number of hydrogen-bond donors (Lipinski definition) is 1. The van der Waals surface area contributed by atoms with E-state index in [0.717, 1.165) is 4.90 Å². The molecule has 1 saturated heterocycles. The summed E-state index contributed by atoms with van der Waals surface area (Å²) in [5.74, 6) is -2.17. The van der Waals surface area contributed by atoms with Crippen molar-refractivity contribution in [3.8, 4) is 0 Å². The molecule has 0 radical (unpaired) electrons. The fraction of sp³-hybridized carbons (Fsp3) is 0.500. The van der Waals surface area contributed by atoms with Gasteiger partial charge in [0.2, 0.25) is 5.91 Å². The van der Waals surface area contributed by atoms with E-state index in [1.54, 1.807) is 0 Å². The van der Waals surface area contributed by atoms with Gasteiger partial charge in [-0.05, 0) is 12.1 Å². The highest BCUT2D eigenvalue weighted by molar-refractivity contribution is 7.99. The monoisotopic (exact) mass is 439 g/mol. The normalized spacial score (nSPS) is 25.7. The maximum atomic E-state index is 11.9. The Hall–Kier alpha value is -2.59. The minimum absolute atomic E-state index is 0.219. The van der Waals surface area contributed by atoms with E-state index in [2.05, 4.69) is 5.32 Å². The zero-order valence-electron chi connectivity index (χ0n) is 17.2. The van der Waals surface area contributed by atoms with Crippen molar-refractivity contribution in [3.63, 3.8) is 0 Å². The molecule has 1 heterocycles. The highest BCUT2D eigenvalue weighted by atomic mass is 32.2. The second-order valence-corrected chi connectivity index (χ2v) is 7.82. The van der Waals surface area contributed by atoms with Crippen LogP contribution in [0.4, 0.5) is 0 Å². The van der Waals surface area contributed by atoms with E-state index in [1.807, 2.05) is 30.3 Å². The summed E-state index contributed by atoms with van der Waals surface area (Å²) in [6.45, 7) is 4.76. The summed E-state index contributed by atoms with van der Waals surface area (Å²) in [5.41, 5.74) is -0.715. The fourth-order valence-electron chi connectivity index (χ4n) is 3.02. The van der Waals surface area contributed by atoms with Crippen molar-refractivity contribution in [2.45, 2.75) is 62.4 Å². The molecule has 0 saturated carbocycles. The van der Waals surface area contributed by atoms with Crippen LogP contribution in [-0.2, 0) is 38.1 Å². The number of hydrogen-bond acceptors (Lipinski definition) is 9. The van der Waals surface area contributed by atoms with Crippen LogP contribution in [0.1, 0.15) is 27.7 Å². The number of ether oxygens (including phenoxy) is 4. The molecule has 1 fully saturated rings. The Kier molecular flexibility index (Phi) is 8.67. The lowest BCUT2D eigenvalue weighted by molar-refractivity contribution is -0.211. The molecule has 1 amide bonds. The summed E-state index contributed by atoms with van der Waals surface area (Å²) in [6, 6.07) is 8.45. The van der Waals surface area contributed by atoms with Crippen molar-refractivity contribution in [1.82, 2.24) is 5.32 Å². The van der Waals surface area contributed by atoms with E-state index in [0.29, 0.717) is 0 Å². The van der Waals surface area contributed by atoms with E-state index in [1.165, 1.54) is 39.5 Å². The van der Waals surface area contributed by atoms with Crippen molar-refractivity contribution in [2.75, 3.05) is 6.61 Å². The first-order valence-corrected chi connectivity index (χ1v) is 10.2. The third kappa shape index (κ3) is 7.03.